The zero-order valence-corrected chi connectivity index (χ0v) is 12.6. The molecule has 0 bridgehead atoms. The standard InChI is InChI=1S/C14H21N5O2/c1-4-10(5-6-20)16-14(21)17-11-7-12-9(2)18-19(3)13(12)15-8-11/h7-8,10,20H,4-6H2,1-3H3,(H2,16,17,21). The van der Waals surface area contributed by atoms with E-state index in [-0.39, 0.29) is 18.7 Å². The van der Waals surface area contributed by atoms with Crippen molar-refractivity contribution in [3.63, 3.8) is 0 Å². The van der Waals surface area contributed by atoms with Crippen LogP contribution in [0.1, 0.15) is 25.5 Å². The molecular weight excluding hydrogens is 270 g/mol. The van der Waals surface area contributed by atoms with Gasteiger partial charge in [-0.15, -0.1) is 0 Å². The van der Waals surface area contributed by atoms with Crippen LogP contribution in [0.15, 0.2) is 12.3 Å². The van der Waals surface area contributed by atoms with Crippen molar-refractivity contribution in [3.8, 4) is 0 Å². The topological polar surface area (TPSA) is 92.1 Å². The lowest BCUT2D eigenvalue weighted by atomic mass is 10.2. The fraction of sp³-hybridized carbons (Fsp3) is 0.500. The van der Waals surface area contributed by atoms with E-state index in [1.54, 1.807) is 10.9 Å². The van der Waals surface area contributed by atoms with E-state index in [1.165, 1.54) is 0 Å². The first kappa shape index (κ1) is 15.2. The predicted molar refractivity (Wildman–Crippen MR) is 81.2 cm³/mol. The molecule has 1 atom stereocenters. The summed E-state index contributed by atoms with van der Waals surface area (Å²) in [5.41, 5.74) is 2.27. The minimum atomic E-state index is -0.294. The van der Waals surface area contributed by atoms with E-state index in [0.717, 1.165) is 23.1 Å². The summed E-state index contributed by atoms with van der Waals surface area (Å²) < 4.78 is 1.71. The van der Waals surface area contributed by atoms with Crippen molar-refractivity contribution in [2.45, 2.75) is 32.7 Å². The molecule has 0 aliphatic heterocycles. The number of carbonyl (C=O) groups excluding carboxylic acids is 1. The van der Waals surface area contributed by atoms with Gasteiger partial charge in [0.15, 0.2) is 5.65 Å². The van der Waals surface area contributed by atoms with Crippen molar-refractivity contribution >= 4 is 22.8 Å². The Kier molecular flexibility index (Phi) is 4.74. The van der Waals surface area contributed by atoms with Crippen LogP contribution >= 0.6 is 0 Å². The molecule has 2 aromatic heterocycles. The molecule has 0 saturated carbocycles. The van der Waals surface area contributed by atoms with Crippen molar-refractivity contribution in [1.82, 2.24) is 20.1 Å². The van der Waals surface area contributed by atoms with Gasteiger partial charge in [-0.2, -0.15) is 5.10 Å². The SMILES string of the molecule is CCC(CCO)NC(=O)Nc1cnc2c(c1)c(C)nn2C. The first-order valence-electron chi connectivity index (χ1n) is 7.02. The second kappa shape index (κ2) is 6.53. The monoisotopic (exact) mass is 291 g/mol. The number of aromatic nitrogens is 3. The van der Waals surface area contributed by atoms with Crippen molar-refractivity contribution < 1.29 is 9.90 Å². The molecular formula is C14H21N5O2. The van der Waals surface area contributed by atoms with Crippen LogP contribution < -0.4 is 10.6 Å². The highest BCUT2D eigenvalue weighted by Crippen LogP contribution is 2.19. The van der Waals surface area contributed by atoms with Crippen LogP contribution in [0.25, 0.3) is 11.0 Å². The number of hydrogen-bond donors (Lipinski definition) is 3. The van der Waals surface area contributed by atoms with E-state index in [2.05, 4.69) is 20.7 Å². The molecule has 21 heavy (non-hydrogen) atoms. The molecule has 3 N–H and O–H groups in total. The minimum Gasteiger partial charge on any atom is -0.396 e. The molecule has 1 unspecified atom stereocenters. The molecule has 2 aromatic rings. The molecule has 114 valence electrons. The Labute approximate surface area is 123 Å². The third kappa shape index (κ3) is 3.49. The molecule has 2 heterocycles. The third-order valence-electron chi connectivity index (χ3n) is 3.43. The zero-order chi connectivity index (χ0) is 15.4. The van der Waals surface area contributed by atoms with Gasteiger partial charge in [0.05, 0.1) is 17.6 Å². The average molecular weight is 291 g/mol. The lowest BCUT2D eigenvalue weighted by Crippen LogP contribution is -2.38. The van der Waals surface area contributed by atoms with Gasteiger partial charge in [-0.1, -0.05) is 6.92 Å². The van der Waals surface area contributed by atoms with Crippen LogP contribution in [0.2, 0.25) is 0 Å². The number of carbonyl (C=O) groups is 1. The van der Waals surface area contributed by atoms with Gasteiger partial charge in [-0.3, -0.25) is 4.68 Å². The van der Waals surface area contributed by atoms with Crippen molar-refractivity contribution in [2.24, 2.45) is 7.05 Å². The number of amides is 2. The van der Waals surface area contributed by atoms with Crippen LogP contribution in [0.4, 0.5) is 10.5 Å². The molecule has 0 aliphatic carbocycles. The predicted octanol–water partition coefficient (Wildman–Crippen LogP) is 1.56. The largest absolute Gasteiger partial charge is 0.396 e. The summed E-state index contributed by atoms with van der Waals surface area (Å²) in [6, 6.07) is 1.53. The minimum absolute atomic E-state index is 0.0354. The van der Waals surface area contributed by atoms with E-state index in [0.29, 0.717) is 12.1 Å². The molecule has 0 aliphatic rings. The number of nitrogens with zero attached hydrogens (tertiary/aromatic N) is 3. The summed E-state index contributed by atoms with van der Waals surface area (Å²) in [5, 5.41) is 19.7. The highest BCUT2D eigenvalue weighted by atomic mass is 16.3. The molecule has 2 rings (SSSR count). The number of aliphatic hydroxyl groups is 1. The maximum atomic E-state index is 11.9. The summed E-state index contributed by atoms with van der Waals surface area (Å²) in [4.78, 5) is 16.2. The number of rotatable bonds is 5. The number of urea groups is 1. The number of pyridine rings is 1. The smallest absolute Gasteiger partial charge is 0.319 e. The number of anilines is 1. The number of aliphatic hydroxyl groups excluding tert-OH is 1. The summed E-state index contributed by atoms with van der Waals surface area (Å²) in [7, 11) is 1.84. The van der Waals surface area contributed by atoms with Crippen LogP contribution in [0.3, 0.4) is 0 Å². The zero-order valence-electron chi connectivity index (χ0n) is 12.6. The fourth-order valence-corrected chi connectivity index (χ4v) is 2.26. The molecule has 0 aromatic carbocycles. The summed E-state index contributed by atoms with van der Waals surface area (Å²) in [5.74, 6) is 0. The quantitative estimate of drug-likeness (QED) is 0.779. The second-order valence-corrected chi connectivity index (χ2v) is 5.02. The van der Waals surface area contributed by atoms with Gasteiger partial charge in [0.25, 0.3) is 0 Å². The molecule has 0 fully saturated rings. The van der Waals surface area contributed by atoms with Crippen LogP contribution in [-0.4, -0.2) is 38.6 Å². The molecule has 7 nitrogen and oxygen atoms in total. The fourth-order valence-electron chi connectivity index (χ4n) is 2.26. The van der Waals surface area contributed by atoms with Gasteiger partial charge in [-0.05, 0) is 25.8 Å². The Morgan fingerprint density at radius 1 is 1.52 bits per heavy atom. The number of nitrogens with one attached hydrogen (secondary N) is 2. The van der Waals surface area contributed by atoms with E-state index in [4.69, 9.17) is 5.11 Å². The van der Waals surface area contributed by atoms with E-state index in [9.17, 15) is 4.79 Å². The van der Waals surface area contributed by atoms with Crippen LogP contribution in [0, 0.1) is 6.92 Å². The second-order valence-electron chi connectivity index (χ2n) is 5.02. The van der Waals surface area contributed by atoms with Crippen molar-refractivity contribution in [2.75, 3.05) is 11.9 Å². The van der Waals surface area contributed by atoms with Crippen LogP contribution in [-0.2, 0) is 7.05 Å². The first-order valence-corrected chi connectivity index (χ1v) is 7.02. The average Bonchev–Trinajstić information content (AvgIpc) is 2.73. The molecule has 0 spiro atoms. The van der Waals surface area contributed by atoms with Gasteiger partial charge in [-0.25, -0.2) is 9.78 Å². The van der Waals surface area contributed by atoms with Crippen LogP contribution in [0.5, 0.6) is 0 Å². The lowest BCUT2D eigenvalue weighted by molar-refractivity contribution is 0.237. The number of fused-ring (bicyclic) bond motifs is 1. The van der Waals surface area contributed by atoms with Gasteiger partial charge >= 0.3 is 6.03 Å². The molecule has 2 amide bonds. The van der Waals surface area contributed by atoms with Gasteiger partial charge in [0.2, 0.25) is 0 Å². The maximum absolute atomic E-state index is 11.9. The van der Waals surface area contributed by atoms with Crippen molar-refractivity contribution in [3.05, 3.63) is 18.0 Å². The third-order valence-corrected chi connectivity index (χ3v) is 3.43. The first-order chi connectivity index (χ1) is 10.0. The Morgan fingerprint density at radius 3 is 2.95 bits per heavy atom. The molecule has 7 heteroatoms. The van der Waals surface area contributed by atoms with E-state index >= 15 is 0 Å². The van der Waals surface area contributed by atoms with Crippen molar-refractivity contribution in [1.29, 1.82) is 0 Å². The normalized spacial score (nSPS) is 12.4. The van der Waals surface area contributed by atoms with E-state index in [1.807, 2.05) is 27.0 Å². The Hall–Kier alpha value is -2.15. The Morgan fingerprint density at radius 2 is 2.29 bits per heavy atom. The van der Waals surface area contributed by atoms with Gasteiger partial charge in [0, 0.05) is 25.1 Å². The highest BCUT2D eigenvalue weighted by Gasteiger charge is 2.11. The summed E-state index contributed by atoms with van der Waals surface area (Å²) in [6.07, 6.45) is 2.92. The number of aryl methyl sites for hydroxylation is 2. The molecule has 0 radical (unpaired) electrons. The summed E-state index contributed by atoms with van der Waals surface area (Å²) in [6.45, 7) is 3.93. The molecule has 0 saturated heterocycles. The highest BCUT2D eigenvalue weighted by molar-refractivity contribution is 5.92. The van der Waals surface area contributed by atoms with E-state index < -0.39 is 0 Å². The number of hydrogen-bond acceptors (Lipinski definition) is 4. The maximum Gasteiger partial charge on any atom is 0.319 e. The Bertz CT molecular complexity index is 638. The lowest BCUT2D eigenvalue weighted by Gasteiger charge is -2.16. The Balaban J connectivity index is 2.09. The van der Waals surface area contributed by atoms with Gasteiger partial charge in [0.1, 0.15) is 0 Å². The summed E-state index contributed by atoms with van der Waals surface area (Å²) >= 11 is 0. The van der Waals surface area contributed by atoms with Gasteiger partial charge < -0.3 is 15.7 Å².